The Balaban J connectivity index is 0.000000191. The Bertz CT molecular complexity index is 519. The van der Waals surface area contributed by atoms with Crippen molar-refractivity contribution >= 4 is 57.7 Å². The van der Waals surface area contributed by atoms with Gasteiger partial charge in [-0.2, -0.15) is 0 Å². The van der Waals surface area contributed by atoms with Gasteiger partial charge < -0.3 is 11.5 Å². The molecule has 4 N–H and O–H groups in total. The SMILES string of the molecule is Cc1cc(Cl)nc(N)n1.Cc1nc(N)nc(Cl)c1I. The summed E-state index contributed by atoms with van der Waals surface area (Å²) in [6.07, 6.45) is 0. The lowest BCUT2D eigenvalue weighted by molar-refractivity contribution is 1.10. The molecule has 0 saturated heterocycles. The van der Waals surface area contributed by atoms with Crippen molar-refractivity contribution in [1.82, 2.24) is 19.9 Å². The van der Waals surface area contributed by atoms with Crippen LogP contribution in [0.25, 0.3) is 0 Å². The molecule has 2 aromatic rings. The molecular weight excluding hydrogens is 402 g/mol. The average Bonchev–Trinajstić information content (AvgIpc) is 2.24. The van der Waals surface area contributed by atoms with Gasteiger partial charge in [0.15, 0.2) is 0 Å². The lowest BCUT2D eigenvalue weighted by Gasteiger charge is -1.98. The number of aryl methyl sites for hydroxylation is 2. The third-order valence-corrected chi connectivity index (χ3v) is 3.91. The number of nitrogens with zero attached hydrogens (tertiary/aromatic N) is 4. The van der Waals surface area contributed by atoms with Crippen LogP contribution >= 0.6 is 45.8 Å². The van der Waals surface area contributed by atoms with Gasteiger partial charge in [0, 0.05) is 5.69 Å². The maximum Gasteiger partial charge on any atom is 0.221 e. The number of aromatic nitrogens is 4. The van der Waals surface area contributed by atoms with Crippen LogP contribution in [0.15, 0.2) is 6.07 Å². The van der Waals surface area contributed by atoms with Crippen LogP contribution in [0.3, 0.4) is 0 Å². The molecule has 102 valence electrons. The standard InChI is InChI=1S/C5H5ClIN3.C5H6ClN3/c1-2-3(7)4(6)10-5(8)9-2;1-3-2-4(6)9-5(7)8-3/h1H3,(H2,8,9,10);2H,1H3,(H2,7,8,9). The van der Waals surface area contributed by atoms with Crippen molar-refractivity contribution in [3.05, 3.63) is 31.3 Å². The molecule has 0 amide bonds. The number of nitrogen functional groups attached to an aromatic ring is 2. The Morgan fingerprint density at radius 1 is 1.00 bits per heavy atom. The Morgan fingerprint density at radius 2 is 1.58 bits per heavy atom. The van der Waals surface area contributed by atoms with Crippen LogP contribution in [0, 0.1) is 17.4 Å². The summed E-state index contributed by atoms with van der Waals surface area (Å²) in [7, 11) is 0. The normalized spacial score (nSPS) is 9.74. The zero-order chi connectivity index (χ0) is 14.6. The fourth-order valence-electron chi connectivity index (χ4n) is 1.10. The van der Waals surface area contributed by atoms with Crippen LogP contribution in [0.1, 0.15) is 11.4 Å². The zero-order valence-electron chi connectivity index (χ0n) is 10.2. The van der Waals surface area contributed by atoms with Crippen molar-refractivity contribution in [1.29, 1.82) is 0 Å². The maximum absolute atomic E-state index is 5.68. The molecule has 9 heteroatoms. The minimum Gasteiger partial charge on any atom is -0.368 e. The molecule has 0 aliphatic carbocycles. The third kappa shape index (κ3) is 5.29. The summed E-state index contributed by atoms with van der Waals surface area (Å²) in [5.74, 6) is 0.447. The van der Waals surface area contributed by atoms with E-state index in [2.05, 4.69) is 42.5 Å². The number of rotatable bonds is 0. The fourth-order valence-corrected chi connectivity index (χ4v) is 1.81. The Kier molecular flexibility index (Phi) is 5.95. The van der Waals surface area contributed by atoms with E-state index in [1.54, 1.807) is 6.07 Å². The first-order valence-electron chi connectivity index (χ1n) is 5.01. The highest BCUT2D eigenvalue weighted by atomic mass is 127. The van der Waals surface area contributed by atoms with Crippen molar-refractivity contribution in [2.45, 2.75) is 13.8 Å². The molecule has 6 nitrogen and oxygen atoms in total. The summed E-state index contributed by atoms with van der Waals surface area (Å²) in [5, 5.41) is 0.811. The smallest absolute Gasteiger partial charge is 0.221 e. The number of anilines is 2. The van der Waals surface area contributed by atoms with E-state index in [-0.39, 0.29) is 11.9 Å². The molecule has 19 heavy (non-hydrogen) atoms. The molecule has 0 saturated carbocycles. The average molecular weight is 413 g/mol. The van der Waals surface area contributed by atoms with E-state index >= 15 is 0 Å². The molecular formula is C10H11Cl2IN6. The minimum absolute atomic E-state index is 0.222. The van der Waals surface area contributed by atoms with E-state index < -0.39 is 0 Å². The Labute approximate surface area is 134 Å². The molecule has 2 heterocycles. The summed E-state index contributed by atoms with van der Waals surface area (Å²) >= 11 is 13.3. The molecule has 0 atom stereocenters. The van der Waals surface area contributed by atoms with Crippen molar-refractivity contribution in [2.24, 2.45) is 0 Å². The highest BCUT2D eigenvalue weighted by Crippen LogP contribution is 2.18. The quantitative estimate of drug-likeness (QED) is 0.509. The predicted octanol–water partition coefficient (Wildman–Crippen LogP) is 2.65. The second-order valence-corrected chi connectivity index (χ2v) is 5.29. The first-order chi connectivity index (χ1) is 8.79. The van der Waals surface area contributed by atoms with E-state index in [4.69, 9.17) is 34.7 Å². The molecule has 0 aliphatic rings. The zero-order valence-corrected chi connectivity index (χ0v) is 13.8. The first-order valence-corrected chi connectivity index (χ1v) is 6.85. The Morgan fingerprint density at radius 3 is 2.05 bits per heavy atom. The highest BCUT2D eigenvalue weighted by Gasteiger charge is 2.03. The van der Waals surface area contributed by atoms with Crippen molar-refractivity contribution < 1.29 is 0 Å². The second kappa shape index (κ2) is 7.01. The van der Waals surface area contributed by atoms with Gasteiger partial charge in [0.1, 0.15) is 10.3 Å². The Hall–Kier alpha value is -0.930. The van der Waals surface area contributed by atoms with Gasteiger partial charge in [-0.25, -0.2) is 19.9 Å². The van der Waals surface area contributed by atoms with Crippen LogP contribution in [0.2, 0.25) is 10.3 Å². The molecule has 0 bridgehead atoms. The third-order valence-electron chi connectivity index (χ3n) is 1.83. The topological polar surface area (TPSA) is 104 Å². The van der Waals surface area contributed by atoms with Gasteiger partial charge >= 0.3 is 0 Å². The monoisotopic (exact) mass is 412 g/mol. The fraction of sp³-hybridized carbons (Fsp3) is 0.200. The summed E-state index contributed by atoms with van der Waals surface area (Å²) < 4.78 is 0.855. The number of halogens is 3. The summed E-state index contributed by atoms with van der Waals surface area (Å²) in [6.45, 7) is 3.65. The van der Waals surface area contributed by atoms with E-state index in [0.29, 0.717) is 10.3 Å². The van der Waals surface area contributed by atoms with Crippen LogP contribution in [-0.4, -0.2) is 19.9 Å². The predicted molar refractivity (Wildman–Crippen MR) is 85.1 cm³/mol. The van der Waals surface area contributed by atoms with Gasteiger partial charge in [-0.3, -0.25) is 0 Å². The second-order valence-electron chi connectivity index (χ2n) is 3.46. The number of hydrogen-bond acceptors (Lipinski definition) is 6. The van der Waals surface area contributed by atoms with Gasteiger partial charge in [0.2, 0.25) is 11.9 Å². The van der Waals surface area contributed by atoms with E-state index in [1.807, 2.05) is 13.8 Å². The molecule has 0 radical (unpaired) electrons. The van der Waals surface area contributed by atoms with E-state index in [0.717, 1.165) is 15.0 Å². The lowest BCUT2D eigenvalue weighted by Crippen LogP contribution is -1.99. The van der Waals surface area contributed by atoms with Gasteiger partial charge in [-0.15, -0.1) is 0 Å². The van der Waals surface area contributed by atoms with Crippen molar-refractivity contribution in [3.8, 4) is 0 Å². The number of nitrogens with two attached hydrogens (primary N) is 2. The van der Waals surface area contributed by atoms with E-state index in [9.17, 15) is 0 Å². The summed E-state index contributed by atoms with van der Waals surface area (Å²) in [5.41, 5.74) is 12.2. The lowest BCUT2D eigenvalue weighted by atomic mass is 10.5. The molecule has 0 spiro atoms. The van der Waals surface area contributed by atoms with Crippen LogP contribution in [0.4, 0.5) is 11.9 Å². The molecule has 0 unspecified atom stereocenters. The molecule has 0 aliphatic heterocycles. The molecule has 2 aromatic heterocycles. The molecule has 2 rings (SSSR count). The summed E-state index contributed by atoms with van der Waals surface area (Å²) in [6, 6.07) is 1.65. The van der Waals surface area contributed by atoms with E-state index in [1.165, 1.54) is 0 Å². The van der Waals surface area contributed by atoms with Crippen LogP contribution in [-0.2, 0) is 0 Å². The van der Waals surface area contributed by atoms with Gasteiger partial charge in [-0.05, 0) is 42.5 Å². The highest BCUT2D eigenvalue weighted by molar-refractivity contribution is 14.1. The maximum atomic E-state index is 5.68. The van der Waals surface area contributed by atoms with Crippen LogP contribution < -0.4 is 11.5 Å². The molecule has 0 aromatic carbocycles. The van der Waals surface area contributed by atoms with Gasteiger partial charge in [0.05, 0.1) is 9.26 Å². The summed E-state index contributed by atoms with van der Waals surface area (Å²) in [4.78, 5) is 15.2. The minimum atomic E-state index is 0.222. The van der Waals surface area contributed by atoms with Gasteiger partial charge in [-0.1, -0.05) is 23.2 Å². The van der Waals surface area contributed by atoms with Crippen molar-refractivity contribution in [3.63, 3.8) is 0 Å². The molecule has 0 fully saturated rings. The largest absolute Gasteiger partial charge is 0.368 e. The van der Waals surface area contributed by atoms with Crippen molar-refractivity contribution in [2.75, 3.05) is 11.5 Å². The van der Waals surface area contributed by atoms with Crippen LogP contribution in [0.5, 0.6) is 0 Å². The van der Waals surface area contributed by atoms with Gasteiger partial charge in [0.25, 0.3) is 0 Å². The number of hydrogen-bond donors (Lipinski definition) is 2. The first kappa shape index (κ1) is 16.1.